The minimum absolute atomic E-state index is 0. The van der Waals surface area contributed by atoms with E-state index in [0.717, 1.165) is 53.9 Å². The highest BCUT2D eigenvalue weighted by molar-refractivity contribution is 7.59. The molecule has 3 aliphatic rings. The Labute approximate surface area is 242 Å². The van der Waals surface area contributed by atoms with Crippen molar-refractivity contribution in [2.24, 2.45) is 0 Å². The summed E-state index contributed by atoms with van der Waals surface area (Å²) >= 11 is 0. The number of ether oxygens (including phenoxy) is 3. The van der Waals surface area contributed by atoms with Crippen LogP contribution in [0.2, 0.25) is 0 Å². The largest absolute Gasteiger partial charge is 0.467 e. The molecule has 4 atom stereocenters. The smallest absolute Gasteiger partial charge is 0.320 e. The molecule has 214 valence electrons. The molecule has 3 aromatic rings. The third-order valence-electron chi connectivity index (χ3n) is 7.89. The summed E-state index contributed by atoms with van der Waals surface area (Å²) in [5.41, 5.74) is 3.04. The fourth-order valence-electron chi connectivity index (χ4n) is 5.96. The lowest BCUT2D eigenvalue weighted by Gasteiger charge is -2.43. The maximum absolute atomic E-state index is 15.5. The van der Waals surface area contributed by atoms with E-state index in [4.69, 9.17) is 14.2 Å². The number of nitrogens with zero attached hydrogens (tertiary/aromatic N) is 6. The zero-order valence-corrected chi connectivity index (χ0v) is 24.9. The molecule has 0 radical (unpaired) electrons. The summed E-state index contributed by atoms with van der Waals surface area (Å²) in [5, 5.41) is 5.66. The van der Waals surface area contributed by atoms with E-state index in [1.165, 1.54) is 0 Å². The van der Waals surface area contributed by atoms with Gasteiger partial charge in [-0.05, 0) is 57.0 Å². The fraction of sp³-hybridized carbons (Fsp3) is 0.593. The van der Waals surface area contributed by atoms with E-state index in [9.17, 15) is 0 Å². The number of rotatable bonds is 5. The average Bonchev–Trinajstić information content (AvgIpc) is 3.24. The molecule has 3 fully saturated rings. The number of morpholine rings is 1. The number of hydrogen-bond acceptors (Lipinski definition) is 8. The summed E-state index contributed by atoms with van der Waals surface area (Å²) in [6.45, 7) is 10.4. The number of halogens is 1. The van der Waals surface area contributed by atoms with Crippen molar-refractivity contribution in [2.75, 3.05) is 51.4 Å². The predicted octanol–water partition coefficient (Wildman–Crippen LogP) is 3.50. The van der Waals surface area contributed by atoms with Crippen molar-refractivity contribution in [3.63, 3.8) is 0 Å². The van der Waals surface area contributed by atoms with Crippen LogP contribution in [0, 0.1) is 6.92 Å². The lowest BCUT2D eigenvalue weighted by atomic mass is 9.84. The lowest BCUT2D eigenvalue weighted by Crippen LogP contribution is -2.54. The number of aromatic nitrogens is 4. The van der Waals surface area contributed by atoms with Gasteiger partial charge in [0.1, 0.15) is 12.0 Å². The highest BCUT2D eigenvalue weighted by atomic mass is 32.1. The number of alkyl halides is 1. The van der Waals surface area contributed by atoms with Gasteiger partial charge in [0.15, 0.2) is 5.82 Å². The molecule has 0 amide bonds. The van der Waals surface area contributed by atoms with Gasteiger partial charge in [-0.15, -0.1) is 0 Å². The van der Waals surface area contributed by atoms with Crippen molar-refractivity contribution >= 4 is 43.7 Å². The molecule has 0 N–H and O–H groups in total. The number of hydrogen-bond donors (Lipinski definition) is 0. The van der Waals surface area contributed by atoms with E-state index in [2.05, 4.69) is 57.8 Å². The summed E-state index contributed by atoms with van der Waals surface area (Å²) in [6, 6.07) is 6.80. The van der Waals surface area contributed by atoms with E-state index in [-0.39, 0.29) is 51.1 Å². The van der Waals surface area contributed by atoms with Gasteiger partial charge in [0, 0.05) is 37.0 Å². The first-order valence-electron chi connectivity index (χ1n) is 13.2. The predicted molar refractivity (Wildman–Crippen MR) is 159 cm³/mol. The molecule has 12 heteroatoms. The monoisotopic (exact) mass is 578 g/mol. The Balaban J connectivity index is 0.00000176. The minimum atomic E-state index is -0.919. The molecule has 0 saturated carbocycles. The van der Waals surface area contributed by atoms with E-state index in [1.807, 2.05) is 16.9 Å². The van der Waals surface area contributed by atoms with Crippen LogP contribution >= 0.6 is 27.0 Å². The van der Waals surface area contributed by atoms with Crippen molar-refractivity contribution in [3.8, 4) is 11.8 Å². The Morgan fingerprint density at radius 3 is 2.36 bits per heavy atom. The van der Waals surface area contributed by atoms with Crippen LogP contribution in [0.5, 0.6) is 6.01 Å². The second-order valence-electron chi connectivity index (χ2n) is 10.7. The van der Waals surface area contributed by atoms with Crippen molar-refractivity contribution in [2.45, 2.75) is 57.5 Å². The highest BCUT2D eigenvalue weighted by Gasteiger charge is 2.36. The van der Waals surface area contributed by atoms with Crippen LogP contribution in [-0.4, -0.2) is 95.6 Å². The molecule has 2 unspecified atom stereocenters. The van der Waals surface area contributed by atoms with Crippen LogP contribution in [0.15, 0.2) is 24.4 Å². The first kappa shape index (κ1) is 29.9. The minimum Gasteiger partial charge on any atom is -0.467 e. The molecule has 3 saturated heterocycles. The number of likely N-dealkylation sites (tertiary alicyclic amines) is 1. The van der Waals surface area contributed by atoms with Gasteiger partial charge < -0.3 is 19.1 Å². The Morgan fingerprint density at radius 1 is 1.00 bits per heavy atom. The van der Waals surface area contributed by atoms with Crippen LogP contribution < -0.4 is 9.64 Å². The van der Waals surface area contributed by atoms with Crippen molar-refractivity contribution in [1.29, 1.82) is 0 Å². The molecule has 9 nitrogen and oxygen atoms in total. The number of benzene rings is 1. The molecule has 1 aromatic carbocycles. The van der Waals surface area contributed by atoms with E-state index in [0.29, 0.717) is 31.6 Å². The molecule has 0 bridgehead atoms. The van der Waals surface area contributed by atoms with Gasteiger partial charge in [-0.25, -0.2) is 9.07 Å². The van der Waals surface area contributed by atoms with E-state index >= 15 is 4.39 Å². The van der Waals surface area contributed by atoms with Crippen LogP contribution in [-0.2, 0) is 9.47 Å². The Hall–Kier alpha value is -2.12. The second kappa shape index (κ2) is 12.2. The van der Waals surface area contributed by atoms with Gasteiger partial charge in [-0.2, -0.15) is 42.1 Å². The standard InChI is InChI=1S/C27H35FN6O3.2H2S/c1-16-7-19-10-29-34(24(19)8-22(16)21-5-6-32(13-23(21)28)20-14-36-15-20)26-9-25(30-27(31-26)35-4)33-11-17(2)37-18(3)12-33;;/h7-10,17-18,20-21,23H,5-6,11-15H2,1-4H3;2*1H2/t17-,18-,21?,23?;;/m0../s1. The molecular weight excluding hydrogens is 539 g/mol. The maximum atomic E-state index is 15.5. The summed E-state index contributed by atoms with van der Waals surface area (Å²) in [5.74, 6) is 1.25. The number of methoxy groups -OCH3 is 1. The first-order valence-corrected chi connectivity index (χ1v) is 13.2. The molecule has 39 heavy (non-hydrogen) atoms. The third kappa shape index (κ3) is 5.85. The third-order valence-corrected chi connectivity index (χ3v) is 7.89. The molecular formula is C27H39FN6O3S2. The number of anilines is 1. The number of aryl methyl sites for hydroxylation is 1. The van der Waals surface area contributed by atoms with Gasteiger partial charge >= 0.3 is 6.01 Å². The normalized spacial score (nSPS) is 26.0. The van der Waals surface area contributed by atoms with Gasteiger partial charge in [0.25, 0.3) is 0 Å². The molecule has 5 heterocycles. The molecule has 2 aromatic heterocycles. The first-order chi connectivity index (χ1) is 17.9. The summed E-state index contributed by atoms with van der Waals surface area (Å²) in [4.78, 5) is 13.7. The van der Waals surface area contributed by atoms with Crippen molar-refractivity contribution in [3.05, 3.63) is 35.5 Å². The van der Waals surface area contributed by atoms with Crippen molar-refractivity contribution in [1.82, 2.24) is 24.6 Å². The number of fused-ring (bicyclic) bond motifs is 1. The SMILES string of the molecule is COc1nc(N2C[C@H](C)O[C@@H](C)C2)cc(-n2ncc3cc(C)c(C4CCN(C5COC5)CC4F)cc32)n1.S.S. The summed E-state index contributed by atoms with van der Waals surface area (Å²) in [6.07, 6.45) is 1.91. The Bertz CT molecular complexity index is 1280. The van der Waals surface area contributed by atoms with E-state index in [1.54, 1.807) is 7.11 Å². The summed E-state index contributed by atoms with van der Waals surface area (Å²) in [7, 11) is 1.57. The topological polar surface area (TPSA) is 77.8 Å². The second-order valence-corrected chi connectivity index (χ2v) is 10.7. The average molecular weight is 579 g/mol. The van der Waals surface area contributed by atoms with Crippen LogP contribution in [0.25, 0.3) is 16.7 Å². The van der Waals surface area contributed by atoms with Crippen molar-refractivity contribution < 1.29 is 18.6 Å². The van der Waals surface area contributed by atoms with Gasteiger partial charge in [0.05, 0.1) is 50.3 Å². The molecule has 0 spiro atoms. The Morgan fingerprint density at radius 2 is 1.72 bits per heavy atom. The van der Waals surface area contributed by atoms with Crippen LogP contribution in [0.3, 0.4) is 0 Å². The number of piperidine rings is 1. The van der Waals surface area contributed by atoms with Crippen LogP contribution in [0.4, 0.5) is 10.2 Å². The van der Waals surface area contributed by atoms with E-state index < -0.39 is 6.17 Å². The zero-order valence-electron chi connectivity index (χ0n) is 22.9. The fourth-order valence-corrected chi connectivity index (χ4v) is 5.96. The van der Waals surface area contributed by atoms with Gasteiger partial charge in [0.2, 0.25) is 0 Å². The molecule has 0 aliphatic carbocycles. The highest BCUT2D eigenvalue weighted by Crippen LogP contribution is 2.36. The zero-order chi connectivity index (χ0) is 25.7. The summed E-state index contributed by atoms with van der Waals surface area (Å²) < 4.78 is 34.0. The van der Waals surface area contributed by atoms with Gasteiger partial charge in [-0.3, -0.25) is 4.90 Å². The molecule has 3 aliphatic heterocycles. The lowest BCUT2D eigenvalue weighted by molar-refractivity contribution is -0.0807. The Kier molecular flexibility index (Phi) is 9.32. The maximum Gasteiger partial charge on any atom is 0.320 e. The van der Waals surface area contributed by atoms with Gasteiger partial charge in [-0.1, -0.05) is 0 Å². The quantitative estimate of drug-likeness (QED) is 0.456. The van der Waals surface area contributed by atoms with Crippen LogP contribution in [0.1, 0.15) is 37.3 Å². The molecule has 6 rings (SSSR count).